The predicted octanol–water partition coefficient (Wildman–Crippen LogP) is 3.45. The zero-order valence-electron chi connectivity index (χ0n) is 13.2. The summed E-state index contributed by atoms with van der Waals surface area (Å²) in [6.45, 7) is 4.45. The lowest BCUT2D eigenvalue weighted by atomic mass is 10.1. The third kappa shape index (κ3) is 2.85. The number of aromatic nitrogens is 1. The number of fused-ring (bicyclic) bond motifs is 1. The normalized spacial score (nSPS) is 22.2. The van der Waals surface area contributed by atoms with Gasteiger partial charge in [0.25, 0.3) is 0 Å². The van der Waals surface area contributed by atoms with Gasteiger partial charge in [-0.25, -0.2) is 9.78 Å². The number of thiophene rings is 1. The van der Waals surface area contributed by atoms with Crippen molar-refractivity contribution in [2.45, 2.75) is 26.2 Å². The number of anilines is 1. The number of carboxylic acids is 1. The Hall–Kier alpha value is -1.88. The van der Waals surface area contributed by atoms with E-state index in [1.165, 1.54) is 23.3 Å². The van der Waals surface area contributed by atoms with Crippen molar-refractivity contribution in [2.24, 2.45) is 11.8 Å². The Balaban J connectivity index is 1.54. The van der Waals surface area contributed by atoms with E-state index >= 15 is 0 Å². The first-order valence-electron chi connectivity index (χ1n) is 8.19. The SMILES string of the molecule is CCc1nc(N2CC3CC3C2)ccc1Cc1ccc(C(=O)O)s1. The summed E-state index contributed by atoms with van der Waals surface area (Å²) >= 11 is 1.35. The van der Waals surface area contributed by atoms with E-state index in [-0.39, 0.29) is 0 Å². The molecule has 120 valence electrons. The highest BCUT2D eigenvalue weighted by atomic mass is 32.1. The lowest BCUT2D eigenvalue weighted by Gasteiger charge is -2.20. The molecule has 23 heavy (non-hydrogen) atoms. The summed E-state index contributed by atoms with van der Waals surface area (Å²) < 4.78 is 0. The monoisotopic (exact) mass is 328 g/mol. The van der Waals surface area contributed by atoms with Crippen LogP contribution in [0.3, 0.4) is 0 Å². The van der Waals surface area contributed by atoms with Gasteiger partial charge in [-0.3, -0.25) is 0 Å². The Morgan fingerprint density at radius 2 is 2.09 bits per heavy atom. The molecule has 1 aliphatic heterocycles. The molecule has 1 aliphatic carbocycles. The molecule has 1 saturated heterocycles. The number of aryl methyl sites for hydroxylation is 1. The van der Waals surface area contributed by atoms with Crippen LogP contribution >= 0.6 is 11.3 Å². The van der Waals surface area contributed by atoms with Crippen molar-refractivity contribution in [1.82, 2.24) is 4.98 Å². The van der Waals surface area contributed by atoms with Gasteiger partial charge in [0.15, 0.2) is 0 Å². The number of carbonyl (C=O) groups is 1. The summed E-state index contributed by atoms with van der Waals surface area (Å²) in [6, 6.07) is 7.90. The van der Waals surface area contributed by atoms with Crippen LogP contribution in [0.4, 0.5) is 5.82 Å². The number of pyridine rings is 1. The van der Waals surface area contributed by atoms with Gasteiger partial charge in [0.1, 0.15) is 10.7 Å². The van der Waals surface area contributed by atoms with Gasteiger partial charge in [0.2, 0.25) is 0 Å². The molecule has 2 aromatic rings. The molecule has 4 nitrogen and oxygen atoms in total. The van der Waals surface area contributed by atoms with Crippen molar-refractivity contribution in [3.63, 3.8) is 0 Å². The van der Waals surface area contributed by atoms with Crippen LogP contribution in [0.1, 0.15) is 39.2 Å². The maximum absolute atomic E-state index is 11.0. The van der Waals surface area contributed by atoms with Gasteiger partial charge in [0.05, 0.1) is 0 Å². The van der Waals surface area contributed by atoms with E-state index in [0.717, 1.165) is 54.2 Å². The number of rotatable bonds is 5. The molecule has 3 heterocycles. The van der Waals surface area contributed by atoms with Crippen molar-refractivity contribution in [2.75, 3.05) is 18.0 Å². The maximum atomic E-state index is 11.0. The Labute approximate surface area is 139 Å². The Morgan fingerprint density at radius 1 is 1.30 bits per heavy atom. The first kappa shape index (κ1) is 14.7. The Kier molecular flexibility index (Phi) is 3.60. The first-order valence-corrected chi connectivity index (χ1v) is 9.01. The molecular weight excluding hydrogens is 308 g/mol. The van der Waals surface area contributed by atoms with Crippen LogP contribution in [0.5, 0.6) is 0 Å². The Morgan fingerprint density at radius 3 is 2.74 bits per heavy atom. The molecule has 2 aromatic heterocycles. The number of carboxylic acid groups (broad SMARTS) is 1. The zero-order valence-corrected chi connectivity index (χ0v) is 14.0. The van der Waals surface area contributed by atoms with E-state index in [1.54, 1.807) is 6.07 Å². The van der Waals surface area contributed by atoms with Crippen LogP contribution in [0, 0.1) is 11.8 Å². The fourth-order valence-electron chi connectivity index (χ4n) is 3.52. The average molecular weight is 328 g/mol. The number of hydrogen-bond acceptors (Lipinski definition) is 4. The topological polar surface area (TPSA) is 53.4 Å². The molecule has 1 saturated carbocycles. The van der Waals surface area contributed by atoms with Crippen LogP contribution in [0.25, 0.3) is 0 Å². The number of hydrogen-bond donors (Lipinski definition) is 1. The van der Waals surface area contributed by atoms with E-state index in [1.807, 2.05) is 6.07 Å². The minimum Gasteiger partial charge on any atom is -0.477 e. The highest BCUT2D eigenvalue weighted by Gasteiger charge is 2.45. The minimum atomic E-state index is -0.849. The quantitative estimate of drug-likeness (QED) is 0.913. The van der Waals surface area contributed by atoms with Crippen molar-refractivity contribution < 1.29 is 9.90 Å². The predicted molar refractivity (Wildman–Crippen MR) is 91.5 cm³/mol. The summed E-state index contributed by atoms with van der Waals surface area (Å²) in [5, 5.41) is 9.04. The summed E-state index contributed by atoms with van der Waals surface area (Å²) in [6.07, 6.45) is 3.07. The molecule has 0 aromatic carbocycles. The Bertz CT molecular complexity index is 745. The van der Waals surface area contributed by atoms with Gasteiger partial charge in [0, 0.05) is 30.1 Å². The lowest BCUT2D eigenvalue weighted by molar-refractivity contribution is 0.0702. The number of piperidine rings is 1. The number of nitrogens with zero attached hydrogens (tertiary/aromatic N) is 2. The molecule has 4 rings (SSSR count). The molecule has 2 aliphatic rings. The van der Waals surface area contributed by atoms with Crippen LogP contribution in [-0.2, 0) is 12.8 Å². The molecular formula is C18H20N2O2S. The molecule has 0 amide bonds. The summed E-state index contributed by atoms with van der Waals surface area (Å²) in [5.41, 5.74) is 2.34. The van der Waals surface area contributed by atoms with Crippen LogP contribution in [0.15, 0.2) is 24.3 Å². The second kappa shape index (κ2) is 5.64. The van der Waals surface area contributed by atoms with Gasteiger partial charge in [-0.05, 0) is 48.4 Å². The van der Waals surface area contributed by atoms with E-state index in [4.69, 9.17) is 10.1 Å². The van der Waals surface area contributed by atoms with Crippen LogP contribution in [0.2, 0.25) is 0 Å². The molecule has 0 bridgehead atoms. The van der Waals surface area contributed by atoms with Gasteiger partial charge in [-0.15, -0.1) is 11.3 Å². The smallest absolute Gasteiger partial charge is 0.345 e. The fraction of sp³-hybridized carbons (Fsp3) is 0.444. The third-order valence-corrected chi connectivity index (χ3v) is 6.00. The van der Waals surface area contributed by atoms with Crippen molar-refractivity contribution in [3.8, 4) is 0 Å². The highest BCUT2D eigenvalue weighted by Crippen LogP contribution is 2.46. The number of aromatic carboxylic acids is 1. The molecule has 5 heteroatoms. The van der Waals surface area contributed by atoms with Crippen molar-refractivity contribution in [1.29, 1.82) is 0 Å². The van der Waals surface area contributed by atoms with Gasteiger partial charge >= 0.3 is 5.97 Å². The highest BCUT2D eigenvalue weighted by molar-refractivity contribution is 7.13. The molecule has 2 fully saturated rings. The van der Waals surface area contributed by atoms with Crippen LogP contribution in [-0.4, -0.2) is 29.1 Å². The third-order valence-electron chi connectivity index (χ3n) is 4.93. The summed E-state index contributed by atoms with van der Waals surface area (Å²) in [5.74, 6) is 2.07. The zero-order chi connectivity index (χ0) is 16.0. The molecule has 2 atom stereocenters. The van der Waals surface area contributed by atoms with Crippen LogP contribution < -0.4 is 4.90 Å². The summed E-state index contributed by atoms with van der Waals surface area (Å²) in [4.78, 5) is 19.8. The first-order chi connectivity index (χ1) is 11.1. The van der Waals surface area contributed by atoms with Gasteiger partial charge in [-0.1, -0.05) is 13.0 Å². The molecule has 0 spiro atoms. The van der Waals surface area contributed by atoms with Crippen molar-refractivity contribution in [3.05, 3.63) is 45.3 Å². The minimum absolute atomic E-state index is 0.402. The fourth-order valence-corrected chi connectivity index (χ4v) is 4.39. The molecule has 0 radical (unpaired) electrons. The van der Waals surface area contributed by atoms with Crippen molar-refractivity contribution >= 4 is 23.1 Å². The lowest BCUT2D eigenvalue weighted by Crippen LogP contribution is -2.23. The van der Waals surface area contributed by atoms with E-state index in [0.29, 0.717) is 4.88 Å². The second-order valence-electron chi connectivity index (χ2n) is 6.54. The van der Waals surface area contributed by atoms with Gasteiger partial charge < -0.3 is 10.0 Å². The van der Waals surface area contributed by atoms with E-state index in [2.05, 4.69) is 24.0 Å². The average Bonchev–Trinajstić information content (AvgIpc) is 2.97. The largest absolute Gasteiger partial charge is 0.477 e. The van der Waals surface area contributed by atoms with E-state index < -0.39 is 5.97 Å². The van der Waals surface area contributed by atoms with E-state index in [9.17, 15) is 4.79 Å². The molecule has 1 N–H and O–H groups in total. The maximum Gasteiger partial charge on any atom is 0.345 e. The van der Waals surface area contributed by atoms with Gasteiger partial charge in [-0.2, -0.15) is 0 Å². The summed E-state index contributed by atoms with van der Waals surface area (Å²) in [7, 11) is 0. The standard InChI is InChI=1S/C18H20N2O2S/c1-2-15-11(8-14-4-5-16(23-14)18(21)22)3-6-17(19-15)20-9-12-7-13(12)10-20/h3-6,12-13H,2,7-10H2,1H3,(H,21,22). The molecule has 2 unspecified atom stereocenters. The second-order valence-corrected chi connectivity index (χ2v) is 7.71.